The Morgan fingerprint density at radius 3 is 2.88 bits per heavy atom. The Labute approximate surface area is 144 Å². The maximum Gasteiger partial charge on any atom is 0.293 e. The molecule has 0 saturated heterocycles. The van der Waals surface area contributed by atoms with Gasteiger partial charge in [-0.1, -0.05) is 42.5 Å². The Morgan fingerprint density at radius 2 is 2.08 bits per heavy atom. The van der Waals surface area contributed by atoms with E-state index in [0.29, 0.717) is 17.9 Å². The molecular formula is C19H17N3O3. The van der Waals surface area contributed by atoms with Crippen LogP contribution in [0, 0.1) is 5.92 Å². The highest BCUT2D eigenvalue weighted by atomic mass is 16.5. The average Bonchev–Trinajstić information content (AvgIpc) is 3.34. The molecule has 1 aliphatic rings. The van der Waals surface area contributed by atoms with Crippen LogP contribution in [0.3, 0.4) is 0 Å². The van der Waals surface area contributed by atoms with Crippen LogP contribution >= 0.6 is 0 Å². The first-order valence-corrected chi connectivity index (χ1v) is 8.15. The first-order valence-electron chi connectivity index (χ1n) is 8.15. The number of benzene rings is 2. The number of aromatic nitrogens is 2. The molecule has 0 aliphatic heterocycles. The van der Waals surface area contributed by atoms with Crippen molar-refractivity contribution in [1.29, 1.82) is 0 Å². The van der Waals surface area contributed by atoms with Crippen molar-refractivity contribution in [2.75, 3.05) is 5.32 Å². The van der Waals surface area contributed by atoms with Crippen molar-refractivity contribution in [3.05, 3.63) is 59.7 Å². The summed E-state index contributed by atoms with van der Waals surface area (Å²) in [5, 5.41) is 2.86. The molecule has 0 radical (unpaired) electrons. The molecule has 2 aromatic carbocycles. The lowest BCUT2D eigenvalue weighted by molar-refractivity contribution is -0.129. The molecule has 6 heteroatoms. The Kier molecular flexibility index (Phi) is 3.93. The monoisotopic (exact) mass is 335 g/mol. The molecule has 1 aliphatic carbocycles. The lowest BCUT2D eigenvalue weighted by Crippen LogP contribution is -2.15. The molecule has 3 aromatic rings. The van der Waals surface area contributed by atoms with Crippen LogP contribution in [0.5, 0.6) is 0 Å². The molecule has 4 rings (SSSR count). The van der Waals surface area contributed by atoms with Crippen molar-refractivity contribution in [2.45, 2.75) is 18.9 Å². The first-order chi connectivity index (χ1) is 12.3. The van der Waals surface area contributed by atoms with E-state index in [1.807, 2.05) is 36.4 Å². The van der Waals surface area contributed by atoms with Gasteiger partial charge < -0.3 is 9.72 Å². The fourth-order valence-corrected chi connectivity index (χ4v) is 3.15. The Bertz CT molecular complexity index is 920. The van der Waals surface area contributed by atoms with E-state index in [1.165, 1.54) is 5.56 Å². The summed E-state index contributed by atoms with van der Waals surface area (Å²) in [6.07, 6.45) is 0.856. The summed E-state index contributed by atoms with van der Waals surface area (Å²) in [6, 6.07) is 15.6. The maximum atomic E-state index is 12.5. The zero-order valence-electron chi connectivity index (χ0n) is 13.4. The number of ether oxygens (including phenoxy) is 1. The lowest BCUT2D eigenvalue weighted by Gasteiger charge is -2.01. The Morgan fingerprint density at radius 1 is 1.24 bits per heavy atom. The lowest BCUT2D eigenvalue weighted by atomic mass is 10.1. The highest BCUT2D eigenvalue weighted by Gasteiger charge is 2.44. The highest BCUT2D eigenvalue weighted by Crippen LogP contribution is 2.47. The SMILES string of the molecule is O=COCc1cccc2[nH]c(NC(=O)C3CC3c3ccccc3)nc12. The summed E-state index contributed by atoms with van der Waals surface area (Å²) in [4.78, 5) is 30.4. The summed E-state index contributed by atoms with van der Waals surface area (Å²) in [5.74, 6) is 0.645. The van der Waals surface area contributed by atoms with Crippen LogP contribution in [0.2, 0.25) is 0 Å². The van der Waals surface area contributed by atoms with Gasteiger partial charge in [-0.2, -0.15) is 0 Å². The predicted octanol–water partition coefficient (Wildman–Crippen LogP) is 2.98. The van der Waals surface area contributed by atoms with Gasteiger partial charge in [0.05, 0.1) is 11.0 Å². The van der Waals surface area contributed by atoms with Gasteiger partial charge in [-0.05, 0) is 24.0 Å². The van der Waals surface area contributed by atoms with Gasteiger partial charge in [-0.3, -0.25) is 14.9 Å². The number of hydrogen-bond acceptors (Lipinski definition) is 4. The van der Waals surface area contributed by atoms with Crippen molar-refractivity contribution in [1.82, 2.24) is 9.97 Å². The number of amides is 1. The molecular weight excluding hydrogens is 318 g/mol. The normalized spacial score (nSPS) is 18.7. The van der Waals surface area contributed by atoms with Gasteiger partial charge in [-0.25, -0.2) is 4.98 Å². The number of fused-ring (bicyclic) bond motifs is 1. The van der Waals surface area contributed by atoms with Crippen molar-refractivity contribution >= 4 is 29.4 Å². The molecule has 0 bridgehead atoms. The third-order valence-corrected chi connectivity index (χ3v) is 4.50. The number of H-pyrrole nitrogens is 1. The zero-order chi connectivity index (χ0) is 17.2. The van der Waals surface area contributed by atoms with Gasteiger partial charge in [-0.15, -0.1) is 0 Å². The van der Waals surface area contributed by atoms with E-state index in [4.69, 9.17) is 4.74 Å². The minimum Gasteiger partial charge on any atom is -0.463 e. The van der Waals surface area contributed by atoms with Crippen LogP contribution in [0.25, 0.3) is 11.0 Å². The van der Waals surface area contributed by atoms with Crippen LogP contribution in [0.4, 0.5) is 5.95 Å². The van der Waals surface area contributed by atoms with Crippen LogP contribution < -0.4 is 5.32 Å². The molecule has 126 valence electrons. The second-order valence-electron chi connectivity index (χ2n) is 6.15. The van der Waals surface area contributed by atoms with E-state index < -0.39 is 0 Å². The minimum atomic E-state index is -0.0291. The predicted molar refractivity (Wildman–Crippen MR) is 92.9 cm³/mol. The van der Waals surface area contributed by atoms with Crippen LogP contribution in [0.1, 0.15) is 23.5 Å². The van der Waals surface area contributed by atoms with Crippen molar-refractivity contribution in [3.8, 4) is 0 Å². The van der Waals surface area contributed by atoms with Crippen molar-refractivity contribution in [3.63, 3.8) is 0 Å². The van der Waals surface area contributed by atoms with Gasteiger partial charge in [0.1, 0.15) is 6.61 Å². The highest BCUT2D eigenvalue weighted by molar-refractivity contribution is 5.95. The van der Waals surface area contributed by atoms with E-state index in [2.05, 4.69) is 27.4 Å². The summed E-state index contributed by atoms with van der Waals surface area (Å²) < 4.78 is 4.81. The number of carbonyl (C=O) groups is 2. The Hall–Kier alpha value is -3.15. The number of para-hydroxylation sites is 1. The molecule has 1 heterocycles. The van der Waals surface area contributed by atoms with E-state index in [0.717, 1.165) is 17.5 Å². The molecule has 0 spiro atoms. The summed E-state index contributed by atoms with van der Waals surface area (Å²) in [5.41, 5.74) is 3.46. The second-order valence-corrected chi connectivity index (χ2v) is 6.15. The summed E-state index contributed by atoms with van der Waals surface area (Å²) in [7, 11) is 0. The molecule has 1 saturated carbocycles. The summed E-state index contributed by atoms with van der Waals surface area (Å²) >= 11 is 0. The summed E-state index contributed by atoms with van der Waals surface area (Å²) in [6.45, 7) is 0.558. The quantitative estimate of drug-likeness (QED) is 0.678. The molecule has 2 N–H and O–H groups in total. The standard InChI is InChI=1S/C19H17N3O3/c23-11-25-10-13-7-4-8-16-17(13)21-19(20-16)22-18(24)15-9-14(15)12-5-2-1-3-6-12/h1-8,11,14-15H,9-10H2,(H2,20,21,22,24). The molecule has 2 atom stereocenters. The van der Waals surface area contributed by atoms with Gasteiger partial charge in [0.15, 0.2) is 0 Å². The smallest absolute Gasteiger partial charge is 0.293 e. The van der Waals surface area contributed by atoms with Crippen molar-refractivity contribution < 1.29 is 14.3 Å². The van der Waals surface area contributed by atoms with Gasteiger partial charge in [0.2, 0.25) is 11.9 Å². The second kappa shape index (κ2) is 6.39. The zero-order valence-corrected chi connectivity index (χ0v) is 13.4. The minimum absolute atomic E-state index is 0.0199. The van der Waals surface area contributed by atoms with E-state index in [-0.39, 0.29) is 24.3 Å². The molecule has 1 amide bonds. The molecule has 1 aromatic heterocycles. The van der Waals surface area contributed by atoms with E-state index in [1.54, 1.807) is 0 Å². The number of imidazole rings is 1. The van der Waals surface area contributed by atoms with Gasteiger partial charge >= 0.3 is 0 Å². The molecule has 25 heavy (non-hydrogen) atoms. The van der Waals surface area contributed by atoms with Crippen LogP contribution in [0.15, 0.2) is 48.5 Å². The molecule has 6 nitrogen and oxygen atoms in total. The number of hydrogen-bond donors (Lipinski definition) is 2. The van der Waals surface area contributed by atoms with Crippen LogP contribution in [-0.4, -0.2) is 22.3 Å². The van der Waals surface area contributed by atoms with E-state index in [9.17, 15) is 9.59 Å². The maximum absolute atomic E-state index is 12.5. The number of anilines is 1. The fraction of sp³-hybridized carbons (Fsp3) is 0.211. The van der Waals surface area contributed by atoms with Gasteiger partial charge in [0, 0.05) is 11.5 Å². The largest absolute Gasteiger partial charge is 0.463 e. The molecule has 1 fully saturated rings. The van der Waals surface area contributed by atoms with Gasteiger partial charge in [0.25, 0.3) is 6.47 Å². The topological polar surface area (TPSA) is 84.1 Å². The van der Waals surface area contributed by atoms with Crippen molar-refractivity contribution in [2.24, 2.45) is 5.92 Å². The third kappa shape index (κ3) is 3.10. The number of carbonyl (C=O) groups excluding carboxylic acids is 2. The van der Waals surface area contributed by atoms with Crippen LogP contribution in [-0.2, 0) is 20.9 Å². The van der Waals surface area contributed by atoms with E-state index >= 15 is 0 Å². The number of aromatic amines is 1. The fourth-order valence-electron chi connectivity index (χ4n) is 3.15. The number of nitrogens with zero attached hydrogens (tertiary/aromatic N) is 1. The number of nitrogens with one attached hydrogen (secondary N) is 2. The molecule has 2 unspecified atom stereocenters. The first kappa shape index (κ1) is 15.4. The Balaban J connectivity index is 1.48. The average molecular weight is 335 g/mol. The third-order valence-electron chi connectivity index (χ3n) is 4.50. The number of rotatable bonds is 6.